The molecule has 1 heteroatoms. The van der Waals surface area contributed by atoms with Crippen LogP contribution >= 0.6 is 0 Å². The molecule has 0 bridgehead atoms. The van der Waals surface area contributed by atoms with E-state index < -0.39 is 0 Å². The molecule has 1 aliphatic carbocycles. The van der Waals surface area contributed by atoms with E-state index in [1.54, 1.807) is 5.56 Å². The summed E-state index contributed by atoms with van der Waals surface area (Å²) in [5, 5.41) is 0. The van der Waals surface area contributed by atoms with Gasteiger partial charge in [-0.05, 0) is 0 Å². The van der Waals surface area contributed by atoms with Crippen molar-refractivity contribution in [2.75, 3.05) is 0 Å². The summed E-state index contributed by atoms with van der Waals surface area (Å²) < 4.78 is 0. The van der Waals surface area contributed by atoms with Gasteiger partial charge in [-0.1, -0.05) is 33.6 Å². The minimum atomic E-state index is 0. The molecule has 0 saturated carbocycles. The molecule has 0 heterocycles. The molecule has 1 aromatic rings. The van der Waals surface area contributed by atoms with Gasteiger partial charge in [-0.15, -0.1) is 0 Å². The Morgan fingerprint density at radius 3 is 2.38 bits per heavy atom. The second-order valence-corrected chi connectivity index (χ2v) is 2.51. The molecule has 0 aliphatic heterocycles. The molecule has 2 rings (SSSR count). The molecule has 71 valence electrons. The average Bonchev–Trinajstić information content (AvgIpc) is 2.85. The van der Waals surface area contributed by atoms with Crippen LogP contribution in [0.25, 0.3) is 0 Å². The van der Waals surface area contributed by atoms with Gasteiger partial charge in [0.1, 0.15) is 0 Å². The molecule has 0 fully saturated rings. The summed E-state index contributed by atoms with van der Waals surface area (Å²) in [4.78, 5) is 0. The van der Waals surface area contributed by atoms with Crippen molar-refractivity contribution in [2.24, 2.45) is 0 Å². The van der Waals surface area contributed by atoms with Crippen molar-refractivity contribution in [3.8, 4) is 0 Å². The molecule has 0 aromatic heterocycles. The predicted octanol–water partition coefficient (Wildman–Crippen LogP) is 3.43. The summed E-state index contributed by atoms with van der Waals surface area (Å²) in [5.74, 6) is 0. The number of aryl methyl sites for hydroxylation is 1. The van der Waals surface area contributed by atoms with E-state index in [-0.39, 0.29) is 40.1 Å². The van der Waals surface area contributed by atoms with Gasteiger partial charge < -0.3 is 7.43 Å². The zero-order chi connectivity index (χ0) is 8.27. The van der Waals surface area contributed by atoms with Crippen LogP contribution in [0.5, 0.6) is 0 Å². The first-order chi connectivity index (χ1) is 5.42. The fraction of sp³-hybridized carbons (Fsp3) is 0.417. The average molecular weight is 251 g/mol. The normalized spacial score (nSPS) is 9.46. The van der Waals surface area contributed by atoms with Crippen LogP contribution in [-0.4, -0.2) is 0 Å². The Morgan fingerprint density at radius 1 is 1.31 bits per heavy atom. The summed E-state index contributed by atoms with van der Waals surface area (Å²) in [5.41, 5.74) is 4.58. The Bertz CT molecular complexity index is 241. The molecule has 0 nitrogen and oxygen atoms in total. The summed E-state index contributed by atoms with van der Waals surface area (Å²) in [6.45, 7) is 6.20. The molecule has 1 radical (unpaired) electrons. The minimum Gasteiger partial charge on any atom is -0.358 e. The monoisotopic (exact) mass is 251 g/mol. The van der Waals surface area contributed by atoms with Crippen LogP contribution in [0.2, 0.25) is 0 Å². The third-order valence-corrected chi connectivity index (χ3v) is 1.91. The fourth-order valence-corrected chi connectivity index (χ4v) is 1.25. The molecule has 0 unspecified atom stereocenters. The molecule has 13 heavy (non-hydrogen) atoms. The van der Waals surface area contributed by atoms with Gasteiger partial charge in [0.15, 0.2) is 0 Å². The number of rotatable bonds is 1. The smallest absolute Gasteiger partial charge is 0 e. The first-order valence-corrected chi connectivity index (χ1v) is 4.42. The van der Waals surface area contributed by atoms with Gasteiger partial charge in [0, 0.05) is 32.7 Å². The molecular weight excluding hydrogens is 233 g/mol. The van der Waals surface area contributed by atoms with Crippen LogP contribution < -0.4 is 0 Å². The number of fused-ring (bicyclic) bond motifs is 1. The largest absolute Gasteiger partial charge is 0.358 e. The molecule has 0 atom stereocenters. The molecule has 1 aliphatic rings. The van der Waals surface area contributed by atoms with Crippen molar-refractivity contribution in [3.63, 3.8) is 0 Å². The second-order valence-electron chi connectivity index (χ2n) is 2.51. The topological polar surface area (TPSA) is 0 Å². The van der Waals surface area contributed by atoms with Crippen LogP contribution in [0, 0.1) is 13.5 Å². The standard InChI is InChI=1S/C9H9.C2H6.CH3.Y/c1-2-7-4-3-5-8-6-9(7)8;1-2;;/h4-5H,2,6H2,1H3;1-2H3;1H3;/q-1;;-1;. The first kappa shape index (κ1) is 15.8. The van der Waals surface area contributed by atoms with Crippen molar-refractivity contribution in [3.05, 3.63) is 42.3 Å². The van der Waals surface area contributed by atoms with E-state index in [9.17, 15) is 0 Å². The van der Waals surface area contributed by atoms with Gasteiger partial charge in [0.2, 0.25) is 0 Å². The maximum Gasteiger partial charge on any atom is 0 e. The summed E-state index contributed by atoms with van der Waals surface area (Å²) >= 11 is 0. The summed E-state index contributed by atoms with van der Waals surface area (Å²) in [6.07, 6.45) is 2.40. The Labute approximate surface area is 108 Å². The summed E-state index contributed by atoms with van der Waals surface area (Å²) in [6, 6.07) is 7.33. The Morgan fingerprint density at radius 2 is 1.92 bits per heavy atom. The van der Waals surface area contributed by atoms with E-state index in [0.29, 0.717) is 0 Å². The van der Waals surface area contributed by atoms with Crippen molar-refractivity contribution >= 4 is 0 Å². The summed E-state index contributed by atoms with van der Waals surface area (Å²) in [7, 11) is 0. The Hall–Kier alpha value is 0.324. The van der Waals surface area contributed by atoms with E-state index in [1.807, 2.05) is 13.8 Å². The van der Waals surface area contributed by atoms with Gasteiger partial charge in [0.05, 0.1) is 0 Å². The molecule has 0 amide bonds. The van der Waals surface area contributed by atoms with Crippen LogP contribution in [0.15, 0.2) is 12.1 Å². The van der Waals surface area contributed by atoms with E-state index in [0.717, 1.165) is 0 Å². The van der Waals surface area contributed by atoms with E-state index >= 15 is 0 Å². The third kappa shape index (κ3) is 3.91. The van der Waals surface area contributed by atoms with Crippen LogP contribution in [0.1, 0.15) is 37.5 Å². The van der Waals surface area contributed by atoms with Crippen molar-refractivity contribution in [2.45, 2.75) is 33.6 Å². The molecule has 1 aromatic carbocycles. The van der Waals surface area contributed by atoms with Crippen molar-refractivity contribution in [1.82, 2.24) is 0 Å². The third-order valence-electron chi connectivity index (χ3n) is 1.91. The second kappa shape index (κ2) is 7.70. The van der Waals surface area contributed by atoms with Gasteiger partial charge in [-0.25, -0.2) is 0 Å². The van der Waals surface area contributed by atoms with Gasteiger partial charge in [0.25, 0.3) is 0 Å². The predicted molar refractivity (Wildman–Crippen MR) is 55.2 cm³/mol. The SMILES string of the molecule is CC.CCc1c[c-]cc2c1C2.[CH3-].[Y]. The van der Waals surface area contributed by atoms with Gasteiger partial charge in [-0.2, -0.15) is 34.9 Å². The van der Waals surface area contributed by atoms with E-state index in [2.05, 4.69) is 25.1 Å². The van der Waals surface area contributed by atoms with E-state index in [1.165, 1.54) is 24.0 Å². The zero-order valence-electron chi connectivity index (χ0n) is 9.15. The van der Waals surface area contributed by atoms with E-state index in [4.69, 9.17) is 0 Å². The van der Waals surface area contributed by atoms with Gasteiger partial charge >= 0.3 is 0 Å². The molecule has 0 saturated heterocycles. The Balaban J connectivity index is 0. The minimum absolute atomic E-state index is 0. The van der Waals surface area contributed by atoms with Gasteiger partial charge in [-0.3, -0.25) is 0 Å². The fourth-order valence-electron chi connectivity index (χ4n) is 1.25. The van der Waals surface area contributed by atoms with Crippen molar-refractivity contribution < 1.29 is 32.7 Å². The van der Waals surface area contributed by atoms with Crippen LogP contribution in [0.3, 0.4) is 0 Å². The van der Waals surface area contributed by atoms with Crippen molar-refractivity contribution in [1.29, 1.82) is 0 Å². The maximum atomic E-state index is 3.13. The first-order valence-electron chi connectivity index (χ1n) is 4.42. The molecule has 0 spiro atoms. The van der Waals surface area contributed by atoms with Crippen LogP contribution in [-0.2, 0) is 45.6 Å². The van der Waals surface area contributed by atoms with Crippen LogP contribution in [0.4, 0.5) is 0 Å². The maximum absolute atomic E-state index is 3.13. The quantitative estimate of drug-likeness (QED) is 0.681. The number of hydrogen-bond donors (Lipinski definition) is 0. The molecular formula is C12H18Y-2. The zero-order valence-corrected chi connectivity index (χ0v) is 12.0. The molecule has 0 N–H and O–H groups in total. The Kier molecular flexibility index (Phi) is 9.35. The number of hydrogen-bond acceptors (Lipinski definition) is 0. The number of benzene rings is 1.